The molecule has 7 heteroatoms. The van der Waals surface area contributed by atoms with Crippen LogP contribution in [0.4, 0.5) is 19.0 Å². The summed E-state index contributed by atoms with van der Waals surface area (Å²) in [6, 6.07) is 2.28. The number of fused-ring (bicyclic) bond motifs is 1. The van der Waals surface area contributed by atoms with Gasteiger partial charge in [-0.2, -0.15) is 13.2 Å². The van der Waals surface area contributed by atoms with Crippen LogP contribution < -0.4 is 5.73 Å². The number of nitrogen functional groups attached to an aromatic ring is 1. The Labute approximate surface area is 97.2 Å². The van der Waals surface area contributed by atoms with Gasteiger partial charge in [0.1, 0.15) is 11.5 Å². The van der Waals surface area contributed by atoms with Crippen LogP contribution in [0.3, 0.4) is 0 Å². The van der Waals surface area contributed by atoms with Crippen molar-refractivity contribution in [3.8, 4) is 0 Å². The van der Waals surface area contributed by atoms with E-state index in [0.717, 1.165) is 10.5 Å². The molecular formula is C9H7BrF3N3. The van der Waals surface area contributed by atoms with Crippen LogP contribution in [0.15, 0.2) is 16.6 Å². The van der Waals surface area contributed by atoms with Gasteiger partial charge in [0.25, 0.3) is 0 Å². The maximum Gasteiger partial charge on any atom is 0.431 e. The zero-order valence-corrected chi connectivity index (χ0v) is 9.72. The van der Waals surface area contributed by atoms with Gasteiger partial charge in [-0.1, -0.05) is 0 Å². The Morgan fingerprint density at radius 3 is 2.56 bits per heavy atom. The lowest BCUT2D eigenvalue weighted by atomic mass is 10.3. The Morgan fingerprint density at radius 1 is 1.38 bits per heavy atom. The Kier molecular flexibility index (Phi) is 2.37. The van der Waals surface area contributed by atoms with Crippen LogP contribution in [0.1, 0.15) is 11.4 Å². The number of pyridine rings is 1. The number of hydrogen-bond acceptors (Lipinski definition) is 2. The smallest absolute Gasteiger partial charge is 0.383 e. The third kappa shape index (κ3) is 1.55. The van der Waals surface area contributed by atoms with E-state index in [4.69, 9.17) is 5.73 Å². The number of nitrogens with zero attached hydrogens (tertiary/aromatic N) is 2. The number of rotatable bonds is 0. The lowest BCUT2D eigenvalue weighted by Gasteiger charge is -2.11. The Hall–Kier alpha value is -1.24. The molecule has 16 heavy (non-hydrogen) atoms. The monoisotopic (exact) mass is 293 g/mol. The summed E-state index contributed by atoms with van der Waals surface area (Å²) in [6.07, 6.45) is -4.46. The highest BCUT2D eigenvalue weighted by atomic mass is 79.9. The van der Waals surface area contributed by atoms with Crippen molar-refractivity contribution in [3.05, 3.63) is 28.0 Å². The zero-order valence-electron chi connectivity index (χ0n) is 8.14. The third-order valence-electron chi connectivity index (χ3n) is 2.23. The number of aromatic nitrogens is 2. The first-order chi connectivity index (χ1) is 7.32. The molecular weight excluding hydrogens is 287 g/mol. The Morgan fingerprint density at radius 2 is 2.00 bits per heavy atom. The predicted molar refractivity (Wildman–Crippen MR) is 57.0 cm³/mol. The molecule has 0 fully saturated rings. The molecule has 2 rings (SSSR count). The first-order valence-electron chi connectivity index (χ1n) is 4.32. The predicted octanol–water partition coefficient (Wildman–Crippen LogP) is 3.01. The molecule has 0 saturated carbocycles. The van der Waals surface area contributed by atoms with E-state index in [2.05, 4.69) is 20.9 Å². The fourth-order valence-electron chi connectivity index (χ4n) is 1.47. The van der Waals surface area contributed by atoms with E-state index in [-0.39, 0.29) is 11.5 Å². The minimum atomic E-state index is -4.46. The van der Waals surface area contributed by atoms with Crippen molar-refractivity contribution in [2.75, 3.05) is 5.73 Å². The van der Waals surface area contributed by atoms with Gasteiger partial charge in [-0.3, -0.25) is 4.40 Å². The van der Waals surface area contributed by atoms with Gasteiger partial charge < -0.3 is 5.73 Å². The third-order valence-corrected chi connectivity index (χ3v) is 2.85. The van der Waals surface area contributed by atoms with Crippen LogP contribution >= 0.6 is 15.9 Å². The summed E-state index contributed by atoms with van der Waals surface area (Å²) < 4.78 is 39.5. The molecule has 0 radical (unpaired) electrons. The second-order valence-corrected chi connectivity index (χ2v) is 4.16. The van der Waals surface area contributed by atoms with Crippen molar-refractivity contribution < 1.29 is 13.2 Å². The molecule has 2 N–H and O–H groups in total. The molecule has 0 aliphatic heterocycles. The molecule has 2 aromatic heterocycles. The van der Waals surface area contributed by atoms with Gasteiger partial charge in [-0.15, -0.1) is 0 Å². The van der Waals surface area contributed by atoms with E-state index in [1.807, 2.05) is 0 Å². The average molecular weight is 294 g/mol. The van der Waals surface area contributed by atoms with Gasteiger partial charge in [0.15, 0.2) is 5.65 Å². The summed E-state index contributed by atoms with van der Waals surface area (Å²) in [5, 5.41) is 0. The quantitative estimate of drug-likeness (QED) is 0.811. The summed E-state index contributed by atoms with van der Waals surface area (Å²) in [5.41, 5.74) is 5.30. The summed E-state index contributed by atoms with van der Waals surface area (Å²) in [7, 11) is 0. The minimum Gasteiger partial charge on any atom is -0.383 e. The van der Waals surface area contributed by atoms with Gasteiger partial charge in [0.05, 0.1) is 10.2 Å². The largest absolute Gasteiger partial charge is 0.431 e. The van der Waals surface area contributed by atoms with Crippen molar-refractivity contribution in [3.63, 3.8) is 0 Å². The number of hydrogen-bond donors (Lipinski definition) is 1. The molecule has 0 unspecified atom stereocenters. The number of anilines is 1. The van der Waals surface area contributed by atoms with Crippen molar-refractivity contribution >= 4 is 27.4 Å². The lowest BCUT2D eigenvalue weighted by Crippen LogP contribution is -2.13. The van der Waals surface area contributed by atoms with Crippen LogP contribution in [-0.4, -0.2) is 9.38 Å². The van der Waals surface area contributed by atoms with Gasteiger partial charge in [-0.05, 0) is 35.0 Å². The van der Waals surface area contributed by atoms with E-state index in [9.17, 15) is 13.2 Å². The number of imidazole rings is 1. The second kappa shape index (κ2) is 3.38. The maximum atomic E-state index is 12.7. The summed E-state index contributed by atoms with van der Waals surface area (Å²) in [6.45, 7) is 1.56. The molecule has 0 aliphatic carbocycles. The molecule has 0 bridgehead atoms. The van der Waals surface area contributed by atoms with E-state index in [1.165, 1.54) is 6.07 Å². The summed E-state index contributed by atoms with van der Waals surface area (Å²) in [4.78, 5) is 3.98. The molecule has 2 aromatic rings. The SMILES string of the molecule is Cc1nc2c(Br)ccc(C(F)(F)F)n2c1N. The number of nitrogens with two attached hydrogens (primary N) is 1. The van der Waals surface area contributed by atoms with Crippen LogP contribution in [0, 0.1) is 6.92 Å². The van der Waals surface area contributed by atoms with Crippen molar-refractivity contribution in [2.45, 2.75) is 13.1 Å². The molecule has 0 atom stereocenters. The molecule has 0 saturated heterocycles. The van der Waals surface area contributed by atoms with Gasteiger partial charge >= 0.3 is 6.18 Å². The summed E-state index contributed by atoms with van der Waals surface area (Å²) >= 11 is 3.14. The van der Waals surface area contributed by atoms with Crippen LogP contribution in [0.5, 0.6) is 0 Å². The highest BCUT2D eigenvalue weighted by Gasteiger charge is 2.34. The van der Waals surface area contributed by atoms with Crippen LogP contribution in [0.25, 0.3) is 5.65 Å². The Balaban J connectivity index is 2.92. The van der Waals surface area contributed by atoms with E-state index < -0.39 is 11.9 Å². The Bertz CT molecular complexity index is 559. The second-order valence-electron chi connectivity index (χ2n) is 3.31. The van der Waals surface area contributed by atoms with Gasteiger partial charge in [0.2, 0.25) is 0 Å². The first kappa shape index (κ1) is 11.3. The number of alkyl halides is 3. The van der Waals surface area contributed by atoms with E-state index in [1.54, 1.807) is 6.92 Å². The normalized spacial score (nSPS) is 12.3. The van der Waals surface area contributed by atoms with Gasteiger partial charge in [-0.25, -0.2) is 4.98 Å². The molecule has 0 spiro atoms. The fraction of sp³-hybridized carbons (Fsp3) is 0.222. The molecule has 0 amide bonds. The van der Waals surface area contributed by atoms with Crippen LogP contribution in [0.2, 0.25) is 0 Å². The molecule has 0 aliphatic rings. The van der Waals surface area contributed by atoms with E-state index >= 15 is 0 Å². The van der Waals surface area contributed by atoms with Crippen molar-refractivity contribution in [2.24, 2.45) is 0 Å². The lowest BCUT2D eigenvalue weighted by molar-refractivity contribution is -0.141. The minimum absolute atomic E-state index is 0.00336. The van der Waals surface area contributed by atoms with Gasteiger partial charge in [0, 0.05) is 0 Å². The topological polar surface area (TPSA) is 43.3 Å². The molecule has 0 aromatic carbocycles. The van der Waals surface area contributed by atoms with Crippen LogP contribution in [-0.2, 0) is 6.18 Å². The first-order valence-corrected chi connectivity index (χ1v) is 5.12. The maximum absolute atomic E-state index is 12.7. The number of aryl methyl sites for hydroxylation is 1. The highest BCUT2D eigenvalue weighted by Crippen LogP contribution is 2.34. The fourth-order valence-corrected chi connectivity index (χ4v) is 1.87. The summed E-state index contributed by atoms with van der Waals surface area (Å²) in [5.74, 6) is 0.00336. The van der Waals surface area contributed by atoms with E-state index in [0.29, 0.717) is 10.2 Å². The highest BCUT2D eigenvalue weighted by molar-refractivity contribution is 9.10. The average Bonchev–Trinajstić information content (AvgIpc) is 2.44. The molecule has 2 heterocycles. The zero-order chi connectivity index (χ0) is 12.1. The van der Waals surface area contributed by atoms with Crippen molar-refractivity contribution in [1.82, 2.24) is 9.38 Å². The van der Waals surface area contributed by atoms with Crippen molar-refractivity contribution in [1.29, 1.82) is 0 Å². The standard InChI is InChI=1S/C9H7BrF3N3/c1-4-7(14)16-6(9(11,12)13)3-2-5(10)8(16)15-4/h2-3H,14H2,1H3. The molecule has 3 nitrogen and oxygen atoms in total. The molecule has 86 valence electrons. The number of halogens is 4.